The van der Waals surface area contributed by atoms with Gasteiger partial charge >= 0.3 is 12.1 Å². The molecule has 3 rings (SSSR count). The van der Waals surface area contributed by atoms with Crippen molar-refractivity contribution in [3.63, 3.8) is 0 Å². The molecule has 1 aliphatic rings. The number of aliphatic carboxylic acids is 1. The summed E-state index contributed by atoms with van der Waals surface area (Å²) in [5.74, 6) is -1.86. The molecule has 0 spiro atoms. The van der Waals surface area contributed by atoms with E-state index in [-0.39, 0.29) is 22.7 Å². The number of carboxylic acids is 1. The van der Waals surface area contributed by atoms with Crippen molar-refractivity contribution < 1.29 is 37.5 Å². The van der Waals surface area contributed by atoms with E-state index in [9.17, 15) is 28.1 Å². The third-order valence-electron chi connectivity index (χ3n) is 4.08. The van der Waals surface area contributed by atoms with Gasteiger partial charge in [-0.25, -0.2) is 4.79 Å². The van der Waals surface area contributed by atoms with Crippen LogP contribution in [-0.4, -0.2) is 35.4 Å². The second-order valence-electron chi connectivity index (χ2n) is 5.84. The normalized spacial score (nSPS) is 15.9. The molecule has 0 aromatic heterocycles. The number of nitrogens with zero attached hydrogens (tertiary/aromatic N) is 1. The van der Waals surface area contributed by atoms with Crippen molar-refractivity contribution in [1.29, 1.82) is 0 Å². The smallest absolute Gasteiger partial charge is 0.430 e. The van der Waals surface area contributed by atoms with Gasteiger partial charge in [0.15, 0.2) is 0 Å². The van der Waals surface area contributed by atoms with Crippen molar-refractivity contribution in [2.45, 2.75) is 12.3 Å². The molecule has 1 N–H and O–H groups in total. The lowest BCUT2D eigenvalue weighted by atomic mass is 9.96. The van der Waals surface area contributed by atoms with Crippen LogP contribution < -0.4 is 9.47 Å². The molecule has 0 saturated carbocycles. The molecule has 0 saturated heterocycles. The lowest BCUT2D eigenvalue weighted by Gasteiger charge is -2.27. The Labute approximate surface area is 155 Å². The molecule has 1 unspecified atom stereocenters. The molecule has 0 bridgehead atoms. The second kappa shape index (κ2) is 6.87. The highest BCUT2D eigenvalue weighted by Crippen LogP contribution is 2.43. The number of methoxy groups -OCH3 is 1. The van der Waals surface area contributed by atoms with Crippen molar-refractivity contribution >= 4 is 17.7 Å². The fraction of sp³-hybridized carbons (Fsp3) is 0.167. The Kier molecular flexibility index (Phi) is 4.72. The van der Waals surface area contributed by atoms with Crippen molar-refractivity contribution in [1.82, 2.24) is 0 Å². The molecule has 10 heteroatoms. The summed E-state index contributed by atoms with van der Waals surface area (Å²) in [7, 11) is 1.28. The largest absolute Gasteiger partial charge is 0.496 e. The molecule has 28 heavy (non-hydrogen) atoms. The average Bonchev–Trinajstić information content (AvgIpc) is 2.65. The fourth-order valence-electron chi connectivity index (χ4n) is 2.82. The number of fused-ring (bicyclic) bond motifs is 1. The van der Waals surface area contributed by atoms with Crippen molar-refractivity contribution in [3.8, 4) is 22.6 Å². The van der Waals surface area contributed by atoms with Gasteiger partial charge in [0.1, 0.15) is 11.5 Å². The SMILES string of the molecule is COc1cc2c(cc1-c1cccc([N+](=O)[O-])c1)C=C(C(=O)O)C(C(F)(F)F)O2. The Hall–Kier alpha value is -3.56. The predicted octanol–water partition coefficient (Wildman–Crippen LogP) is 4.06. The van der Waals surface area contributed by atoms with Gasteiger partial charge in [-0.2, -0.15) is 13.2 Å². The van der Waals surface area contributed by atoms with Gasteiger partial charge in [0.05, 0.1) is 17.6 Å². The summed E-state index contributed by atoms with van der Waals surface area (Å²) in [6.07, 6.45) is -6.67. The summed E-state index contributed by atoms with van der Waals surface area (Å²) in [6, 6.07) is 8.12. The zero-order valence-electron chi connectivity index (χ0n) is 14.2. The summed E-state index contributed by atoms with van der Waals surface area (Å²) < 4.78 is 49.6. The average molecular weight is 395 g/mol. The Morgan fingerprint density at radius 1 is 1.29 bits per heavy atom. The monoisotopic (exact) mass is 395 g/mol. The zero-order chi connectivity index (χ0) is 20.6. The van der Waals surface area contributed by atoms with Crippen LogP contribution in [0.3, 0.4) is 0 Å². The maximum Gasteiger partial charge on any atom is 0.430 e. The standard InChI is InChI=1S/C18H12F3NO6/c1-27-15-8-14-10(7-13(17(23)24)16(28-14)18(19,20)21)6-12(15)9-3-2-4-11(5-9)22(25)26/h2-8,16H,1H3,(H,23,24). The second-order valence-corrected chi connectivity index (χ2v) is 5.84. The Bertz CT molecular complexity index is 999. The first kappa shape index (κ1) is 19.2. The van der Waals surface area contributed by atoms with Crippen LogP contribution in [-0.2, 0) is 4.79 Å². The number of nitro groups is 1. The number of nitro benzene ring substituents is 1. The number of rotatable bonds is 4. The van der Waals surface area contributed by atoms with Crippen LogP contribution in [0.4, 0.5) is 18.9 Å². The van der Waals surface area contributed by atoms with Gasteiger partial charge in [0, 0.05) is 29.3 Å². The highest BCUT2D eigenvalue weighted by Gasteiger charge is 2.48. The highest BCUT2D eigenvalue weighted by molar-refractivity contribution is 5.95. The molecule has 1 heterocycles. The van der Waals surface area contributed by atoms with Crippen LogP contribution in [0.1, 0.15) is 5.56 Å². The molecule has 1 aliphatic heterocycles. The summed E-state index contributed by atoms with van der Waals surface area (Å²) in [5, 5.41) is 20.1. The molecular formula is C18H12F3NO6. The fourth-order valence-corrected chi connectivity index (χ4v) is 2.82. The predicted molar refractivity (Wildman–Crippen MR) is 91.2 cm³/mol. The minimum Gasteiger partial charge on any atom is -0.496 e. The minimum absolute atomic E-state index is 0.0835. The van der Waals surface area contributed by atoms with Crippen molar-refractivity contribution in [2.24, 2.45) is 0 Å². The number of hydrogen-bond donors (Lipinski definition) is 1. The summed E-state index contributed by atoms with van der Waals surface area (Å²) >= 11 is 0. The third kappa shape index (κ3) is 3.48. The van der Waals surface area contributed by atoms with E-state index in [0.29, 0.717) is 11.1 Å². The lowest BCUT2D eigenvalue weighted by molar-refractivity contribution is -0.384. The van der Waals surface area contributed by atoms with Gasteiger partial charge in [-0.1, -0.05) is 12.1 Å². The first-order chi connectivity index (χ1) is 13.1. The molecular weight excluding hydrogens is 383 g/mol. The first-order valence-corrected chi connectivity index (χ1v) is 7.77. The van der Waals surface area contributed by atoms with Crippen molar-refractivity contribution in [2.75, 3.05) is 7.11 Å². The van der Waals surface area contributed by atoms with E-state index in [0.717, 1.165) is 6.08 Å². The van der Waals surface area contributed by atoms with Crippen LogP contribution >= 0.6 is 0 Å². The van der Waals surface area contributed by atoms with E-state index in [1.807, 2.05) is 0 Å². The molecule has 2 aromatic carbocycles. The molecule has 0 radical (unpaired) electrons. The Morgan fingerprint density at radius 3 is 2.57 bits per heavy atom. The number of benzene rings is 2. The van der Waals surface area contributed by atoms with Gasteiger partial charge in [-0.3, -0.25) is 10.1 Å². The van der Waals surface area contributed by atoms with Crippen LogP contribution in [0.15, 0.2) is 42.0 Å². The number of carboxylic acid groups (broad SMARTS) is 1. The highest BCUT2D eigenvalue weighted by atomic mass is 19.4. The number of alkyl halides is 3. The van der Waals surface area contributed by atoms with E-state index in [2.05, 4.69) is 0 Å². The number of halogens is 3. The molecule has 0 fully saturated rings. The number of ether oxygens (including phenoxy) is 2. The van der Waals surface area contributed by atoms with Crippen LogP contribution in [0.2, 0.25) is 0 Å². The van der Waals surface area contributed by atoms with Crippen LogP contribution in [0.5, 0.6) is 11.5 Å². The van der Waals surface area contributed by atoms with Crippen molar-refractivity contribution in [3.05, 3.63) is 57.6 Å². The number of hydrogen-bond acceptors (Lipinski definition) is 5. The van der Waals surface area contributed by atoms with E-state index in [4.69, 9.17) is 14.6 Å². The minimum atomic E-state index is -4.92. The summed E-state index contributed by atoms with van der Waals surface area (Å²) in [4.78, 5) is 21.7. The van der Waals surface area contributed by atoms with Gasteiger partial charge < -0.3 is 14.6 Å². The maximum absolute atomic E-state index is 13.2. The van der Waals surface area contributed by atoms with Gasteiger partial charge in [-0.15, -0.1) is 0 Å². The summed E-state index contributed by atoms with van der Waals surface area (Å²) in [6.45, 7) is 0. The summed E-state index contributed by atoms with van der Waals surface area (Å²) in [5.41, 5.74) is -0.361. The number of non-ortho nitro benzene ring substituents is 1. The molecule has 146 valence electrons. The molecule has 0 amide bonds. The Balaban J connectivity index is 2.18. The van der Waals surface area contributed by atoms with E-state index >= 15 is 0 Å². The first-order valence-electron chi connectivity index (χ1n) is 7.77. The number of carbonyl (C=O) groups is 1. The van der Waals surface area contributed by atoms with Gasteiger partial charge in [-0.05, 0) is 17.7 Å². The third-order valence-corrected chi connectivity index (χ3v) is 4.08. The maximum atomic E-state index is 13.2. The lowest BCUT2D eigenvalue weighted by Crippen LogP contribution is -2.40. The zero-order valence-corrected chi connectivity index (χ0v) is 14.2. The molecule has 1 atom stereocenters. The quantitative estimate of drug-likeness (QED) is 0.619. The molecule has 7 nitrogen and oxygen atoms in total. The van der Waals surface area contributed by atoms with Gasteiger partial charge in [0.25, 0.3) is 5.69 Å². The Morgan fingerprint density at radius 2 is 2.00 bits per heavy atom. The molecule has 2 aromatic rings. The van der Waals surface area contributed by atoms with Crippen LogP contribution in [0.25, 0.3) is 17.2 Å². The van der Waals surface area contributed by atoms with Gasteiger partial charge in [0.2, 0.25) is 6.10 Å². The topological polar surface area (TPSA) is 98.9 Å². The van der Waals surface area contributed by atoms with E-state index < -0.39 is 28.7 Å². The van der Waals surface area contributed by atoms with E-state index in [1.54, 1.807) is 6.07 Å². The molecule has 0 aliphatic carbocycles. The van der Waals surface area contributed by atoms with E-state index in [1.165, 1.54) is 37.4 Å². The van der Waals surface area contributed by atoms with Crippen LogP contribution in [0, 0.1) is 10.1 Å².